The van der Waals surface area contributed by atoms with Gasteiger partial charge in [0.15, 0.2) is 0 Å². The summed E-state index contributed by atoms with van der Waals surface area (Å²) < 4.78 is 50.9. The molecule has 0 radical (unpaired) electrons. The van der Waals surface area contributed by atoms with Crippen LogP contribution in [0.2, 0.25) is 0 Å². The van der Waals surface area contributed by atoms with Crippen LogP contribution in [0, 0.1) is 5.82 Å². The van der Waals surface area contributed by atoms with E-state index < -0.39 is 39.0 Å². The van der Waals surface area contributed by atoms with Crippen molar-refractivity contribution in [1.29, 1.82) is 0 Å². The molecule has 224 valence electrons. The van der Waals surface area contributed by atoms with Gasteiger partial charge in [-0.2, -0.15) is 4.98 Å². The lowest BCUT2D eigenvalue weighted by molar-refractivity contribution is 0.0496. The van der Waals surface area contributed by atoms with Crippen LogP contribution in [0.1, 0.15) is 54.4 Å². The van der Waals surface area contributed by atoms with Crippen LogP contribution in [0.3, 0.4) is 0 Å². The number of H-pyrrole nitrogens is 1. The number of fused-ring (bicyclic) bond motifs is 3. The molecule has 0 saturated carbocycles. The number of hydrogen-bond acceptors (Lipinski definition) is 9. The lowest BCUT2D eigenvalue weighted by Crippen LogP contribution is -2.46. The molecule has 1 fully saturated rings. The number of benzene rings is 1. The van der Waals surface area contributed by atoms with Crippen LogP contribution in [-0.2, 0) is 19.3 Å². The van der Waals surface area contributed by atoms with E-state index in [0.29, 0.717) is 48.0 Å². The Hall–Kier alpha value is -3.68. The third kappa shape index (κ3) is 6.97. The largest absolute Gasteiger partial charge is 0.444 e. The second-order valence-corrected chi connectivity index (χ2v) is 14.2. The average Bonchev–Trinajstić information content (AvgIpc) is 3.18. The van der Waals surface area contributed by atoms with E-state index in [2.05, 4.69) is 20.3 Å². The number of sulfone groups is 1. The number of alkyl carbamates (subject to hydrolysis) is 1. The number of ether oxygens (including phenoxy) is 2. The molecule has 1 saturated heterocycles. The van der Waals surface area contributed by atoms with E-state index >= 15 is 4.39 Å². The first-order valence-corrected chi connectivity index (χ1v) is 15.2. The summed E-state index contributed by atoms with van der Waals surface area (Å²) in [7, 11) is -2.34. The average molecular weight is 593 g/mol. The highest BCUT2D eigenvalue weighted by Gasteiger charge is 2.30. The fraction of sp³-hybridized carbons (Fsp3) is 0.556. The molecule has 0 atom stereocenters. The maximum Gasteiger partial charge on any atom is 0.414 e. The predicted octanol–water partition coefficient (Wildman–Crippen LogP) is 4.52. The van der Waals surface area contributed by atoms with E-state index in [4.69, 9.17) is 9.47 Å². The molecule has 12 nitrogen and oxygen atoms in total. The first-order chi connectivity index (χ1) is 18.8. The van der Waals surface area contributed by atoms with Crippen LogP contribution in [0.15, 0.2) is 17.3 Å². The van der Waals surface area contributed by atoms with E-state index in [0.717, 1.165) is 6.26 Å². The Kier molecular flexibility index (Phi) is 7.84. The Labute approximate surface area is 238 Å². The molecule has 2 aromatic heterocycles. The molecule has 4 rings (SSSR count). The number of aromatic amines is 1. The maximum absolute atomic E-state index is 15.0. The van der Waals surface area contributed by atoms with Gasteiger partial charge < -0.3 is 24.7 Å². The van der Waals surface area contributed by atoms with Gasteiger partial charge >= 0.3 is 12.2 Å². The molecule has 41 heavy (non-hydrogen) atoms. The van der Waals surface area contributed by atoms with E-state index in [1.165, 1.54) is 24.1 Å². The topological polar surface area (TPSA) is 147 Å². The first-order valence-electron chi connectivity index (χ1n) is 13.3. The molecule has 2 N–H and O–H groups in total. The summed E-state index contributed by atoms with van der Waals surface area (Å²) in [6.07, 6.45) is 0.906. The molecule has 1 aromatic carbocycles. The van der Waals surface area contributed by atoms with Gasteiger partial charge in [0.25, 0.3) is 5.16 Å². The lowest BCUT2D eigenvalue weighted by atomic mass is 10.0. The number of amides is 2. The van der Waals surface area contributed by atoms with Gasteiger partial charge in [-0.05, 0) is 66.5 Å². The molecular weight excluding hydrogens is 555 g/mol. The van der Waals surface area contributed by atoms with Crippen molar-refractivity contribution in [2.24, 2.45) is 0 Å². The summed E-state index contributed by atoms with van der Waals surface area (Å²) in [4.78, 5) is 39.9. The standard InChI is InChI=1S/C27H37FN6O6S/c1-26(2,3)39-24(35)29-16-9-11-34(12-10-16)22-19-17-13-15(28)14-18(33(7)25(36)40-27(4,5)6)20(17)30-21(19)31-23(32-22)41(8,37)38/h13-14,16H,9-12H2,1-8H3,(H,29,35)(H,30,31,32). The summed E-state index contributed by atoms with van der Waals surface area (Å²) in [5.74, 6) is -0.295. The minimum atomic E-state index is -3.81. The number of nitrogens with one attached hydrogen (secondary N) is 2. The summed E-state index contributed by atoms with van der Waals surface area (Å²) in [6, 6.07) is 2.34. The zero-order chi connectivity index (χ0) is 30.5. The zero-order valence-corrected chi connectivity index (χ0v) is 25.4. The van der Waals surface area contributed by atoms with Gasteiger partial charge in [0.05, 0.1) is 16.6 Å². The SMILES string of the molecule is CN(C(=O)OC(C)(C)C)c1cc(F)cc2c1[nH]c1nc(S(C)(=O)=O)nc(N3CCC(NC(=O)OC(C)(C)C)CC3)c12. The van der Waals surface area contributed by atoms with Gasteiger partial charge in [0, 0.05) is 37.8 Å². The minimum Gasteiger partial charge on any atom is -0.444 e. The van der Waals surface area contributed by atoms with Gasteiger partial charge in [0.2, 0.25) is 9.84 Å². The quantitative estimate of drug-likeness (QED) is 0.418. The molecule has 0 aliphatic carbocycles. The Morgan fingerprint density at radius 2 is 1.68 bits per heavy atom. The van der Waals surface area contributed by atoms with Crippen molar-refractivity contribution in [3.63, 3.8) is 0 Å². The minimum absolute atomic E-state index is 0.151. The van der Waals surface area contributed by atoms with Gasteiger partial charge in [-0.15, -0.1) is 0 Å². The van der Waals surface area contributed by atoms with Crippen molar-refractivity contribution in [2.75, 3.05) is 36.2 Å². The van der Waals surface area contributed by atoms with Crippen molar-refractivity contribution in [3.05, 3.63) is 17.9 Å². The number of halogens is 1. The number of piperidine rings is 1. The number of carbonyl (C=O) groups is 2. The number of aromatic nitrogens is 3. The third-order valence-corrected chi connectivity index (χ3v) is 7.19. The third-order valence-electron chi connectivity index (χ3n) is 6.34. The molecule has 0 bridgehead atoms. The van der Waals surface area contributed by atoms with Crippen LogP contribution in [0.5, 0.6) is 0 Å². The molecule has 0 spiro atoms. The number of hydrogen-bond donors (Lipinski definition) is 2. The first kappa shape index (κ1) is 30.3. The van der Waals surface area contributed by atoms with Crippen LogP contribution < -0.4 is 15.1 Å². The number of anilines is 2. The Morgan fingerprint density at radius 1 is 1.07 bits per heavy atom. The maximum atomic E-state index is 15.0. The second kappa shape index (κ2) is 10.6. The molecule has 3 heterocycles. The highest BCUT2D eigenvalue weighted by molar-refractivity contribution is 7.90. The molecule has 0 unspecified atom stereocenters. The molecule has 3 aromatic rings. The fourth-order valence-electron chi connectivity index (χ4n) is 4.60. The summed E-state index contributed by atoms with van der Waals surface area (Å²) >= 11 is 0. The Morgan fingerprint density at radius 3 is 2.24 bits per heavy atom. The van der Waals surface area contributed by atoms with E-state index in [-0.39, 0.29) is 22.5 Å². The van der Waals surface area contributed by atoms with Crippen LogP contribution in [-0.4, -0.2) is 79.2 Å². The summed E-state index contributed by atoms with van der Waals surface area (Å²) in [5.41, 5.74) is -0.646. The van der Waals surface area contributed by atoms with Gasteiger partial charge in [-0.1, -0.05) is 0 Å². The highest BCUT2D eigenvalue weighted by Crippen LogP contribution is 2.38. The molecular formula is C27H37FN6O6S. The highest BCUT2D eigenvalue weighted by atomic mass is 32.2. The molecule has 2 amide bonds. The predicted molar refractivity (Wildman–Crippen MR) is 154 cm³/mol. The second-order valence-electron chi connectivity index (χ2n) is 12.2. The van der Waals surface area contributed by atoms with Crippen LogP contribution in [0.4, 0.5) is 25.5 Å². The Bertz CT molecular complexity index is 1600. The smallest absolute Gasteiger partial charge is 0.414 e. The number of rotatable bonds is 4. The van der Waals surface area contributed by atoms with Crippen molar-refractivity contribution in [1.82, 2.24) is 20.3 Å². The summed E-state index contributed by atoms with van der Waals surface area (Å²) in [5, 5.41) is 3.30. The van der Waals surface area contributed by atoms with Crippen molar-refractivity contribution < 1.29 is 31.9 Å². The van der Waals surface area contributed by atoms with Crippen LogP contribution in [0.25, 0.3) is 21.9 Å². The van der Waals surface area contributed by atoms with Crippen molar-refractivity contribution in [2.45, 2.75) is 76.8 Å². The summed E-state index contributed by atoms with van der Waals surface area (Å²) in [6.45, 7) is 11.4. The molecule has 1 aliphatic heterocycles. The van der Waals surface area contributed by atoms with E-state index in [9.17, 15) is 18.0 Å². The normalized spacial score (nSPS) is 15.3. The monoisotopic (exact) mass is 592 g/mol. The zero-order valence-electron chi connectivity index (χ0n) is 24.6. The van der Waals surface area contributed by atoms with E-state index in [1.807, 2.05) is 4.90 Å². The van der Waals surface area contributed by atoms with Gasteiger partial charge in [-0.25, -0.2) is 27.4 Å². The van der Waals surface area contributed by atoms with E-state index in [1.54, 1.807) is 41.5 Å². The number of nitrogens with zero attached hydrogens (tertiary/aromatic N) is 4. The lowest BCUT2D eigenvalue weighted by Gasteiger charge is -2.34. The Balaban J connectivity index is 1.76. The van der Waals surface area contributed by atoms with Gasteiger partial charge in [0.1, 0.15) is 28.5 Å². The fourth-order valence-corrected chi connectivity index (χ4v) is 5.11. The van der Waals surface area contributed by atoms with Crippen molar-refractivity contribution >= 4 is 55.5 Å². The van der Waals surface area contributed by atoms with Crippen molar-refractivity contribution in [3.8, 4) is 0 Å². The van der Waals surface area contributed by atoms with Crippen LogP contribution >= 0.6 is 0 Å². The molecule has 14 heteroatoms. The number of carbonyl (C=O) groups excluding carboxylic acids is 2. The van der Waals surface area contributed by atoms with Gasteiger partial charge in [-0.3, -0.25) is 4.90 Å². The molecule has 1 aliphatic rings.